The van der Waals surface area contributed by atoms with Crippen molar-refractivity contribution >= 4 is 40.7 Å². The number of methoxy groups -OCH3 is 2. The minimum absolute atomic E-state index is 0.000677. The lowest BCUT2D eigenvalue weighted by atomic mass is 9.90. The fourth-order valence-electron chi connectivity index (χ4n) is 8.65. The van der Waals surface area contributed by atoms with Crippen molar-refractivity contribution in [3.63, 3.8) is 0 Å². The third kappa shape index (κ3) is 12.8. The number of hydrogen-bond acceptors (Lipinski definition) is 10. The van der Waals surface area contributed by atoms with Gasteiger partial charge in [0.2, 0.25) is 23.6 Å². The van der Waals surface area contributed by atoms with Crippen molar-refractivity contribution in [1.82, 2.24) is 30.3 Å². The van der Waals surface area contributed by atoms with Crippen LogP contribution in [0.1, 0.15) is 82.5 Å². The van der Waals surface area contributed by atoms with Gasteiger partial charge in [0.05, 0.1) is 55.3 Å². The van der Waals surface area contributed by atoms with Crippen LogP contribution in [0.15, 0.2) is 66.2 Å². The smallest absolute Gasteiger partial charge is 0.242 e. The van der Waals surface area contributed by atoms with Gasteiger partial charge in [-0.3, -0.25) is 24.1 Å². The van der Waals surface area contributed by atoms with Crippen molar-refractivity contribution in [3.8, 4) is 0 Å². The van der Waals surface area contributed by atoms with Crippen molar-refractivity contribution in [2.75, 3.05) is 53.8 Å². The molecule has 0 spiro atoms. The topological polar surface area (TPSA) is 145 Å². The number of carbonyl (C=O) groups is 4. The van der Waals surface area contributed by atoms with Crippen molar-refractivity contribution in [3.05, 3.63) is 82.3 Å². The standard InChI is InChI=1S/C46H69N7O6S/c1-11-31(4)42(52(8)40(55)28-49-45(57)41(30(2)3)51(7)29-34-19-21-35(47-6)22-20-34)38(58-9)27-39(54)53-24-15-18-37(53)43(59-10)32(5)44(56)50-36(46-48-23-25-60-46)26-33-16-13-12-14-17-33/h12-14,16-17,19-23,25,30-32,36-38,41-43,47H,11,15,18,24,26-29H2,1-10H3,(H,49,57)(H,50,56)/t31-,32?,36?,37?,38?,41?,42-,43?/m0/s1. The van der Waals surface area contributed by atoms with Gasteiger partial charge < -0.3 is 35.2 Å². The third-order valence-corrected chi connectivity index (χ3v) is 13.0. The Balaban J connectivity index is 1.41. The van der Waals surface area contributed by atoms with Crippen molar-refractivity contribution < 1.29 is 28.7 Å². The van der Waals surface area contributed by atoms with Crippen LogP contribution >= 0.6 is 11.3 Å². The Morgan fingerprint density at radius 1 is 0.950 bits per heavy atom. The number of nitrogens with zero attached hydrogens (tertiary/aromatic N) is 4. The number of aromatic nitrogens is 1. The van der Waals surface area contributed by atoms with Gasteiger partial charge in [-0.2, -0.15) is 0 Å². The molecule has 1 saturated heterocycles. The number of anilines is 1. The fourth-order valence-corrected chi connectivity index (χ4v) is 9.34. The Kier molecular flexibility index (Phi) is 19.0. The molecule has 2 aromatic carbocycles. The van der Waals surface area contributed by atoms with Crippen LogP contribution in [0.3, 0.4) is 0 Å². The number of nitrogens with one attached hydrogen (secondary N) is 3. The highest BCUT2D eigenvalue weighted by Gasteiger charge is 2.42. The number of likely N-dealkylation sites (N-methyl/N-ethyl adjacent to an activating group) is 2. The summed E-state index contributed by atoms with van der Waals surface area (Å²) >= 11 is 1.50. The Bertz CT molecular complexity index is 1780. The molecule has 0 saturated carbocycles. The lowest BCUT2D eigenvalue weighted by molar-refractivity contribution is -0.146. The lowest BCUT2D eigenvalue weighted by Gasteiger charge is -2.39. The van der Waals surface area contributed by atoms with Crippen LogP contribution in [0.25, 0.3) is 0 Å². The maximum Gasteiger partial charge on any atom is 0.242 e. The second-order valence-corrected chi connectivity index (χ2v) is 17.5. The average Bonchev–Trinajstić information content (AvgIpc) is 3.97. The van der Waals surface area contributed by atoms with E-state index >= 15 is 0 Å². The molecule has 3 aromatic rings. The van der Waals surface area contributed by atoms with Crippen molar-refractivity contribution in [2.24, 2.45) is 17.8 Å². The Hall–Kier alpha value is -4.37. The lowest BCUT2D eigenvalue weighted by Crippen LogP contribution is -2.55. The molecule has 0 aliphatic carbocycles. The Labute approximate surface area is 362 Å². The van der Waals surface area contributed by atoms with Gasteiger partial charge in [-0.05, 0) is 61.4 Å². The van der Waals surface area contributed by atoms with Crippen LogP contribution in [0.2, 0.25) is 0 Å². The summed E-state index contributed by atoms with van der Waals surface area (Å²) in [7, 11) is 8.69. The monoisotopic (exact) mass is 848 g/mol. The van der Waals surface area contributed by atoms with E-state index in [0.29, 0.717) is 25.9 Å². The van der Waals surface area contributed by atoms with Crippen LogP contribution in [0.5, 0.6) is 0 Å². The quantitative estimate of drug-likeness (QED) is 0.108. The summed E-state index contributed by atoms with van der Waals surface area (Å²) in [5.41, 5.74) is 3.18. The van der Waals surface area contributed by atoms with Gasteiger partial charge in [0, 0.05) is 58.7 Å². The summed E-state index contributed by atoms with van der Waals surface area (Å²) in [5.74, 6) is -1.33. The Morgan fingerprint density at radius 3 is 2.23 bits per heavy atom. The molecular formula is C46H69N7O6S. The normalized spacial score (nSPS) is 17.7. The summed E-state index contributed by atoms with van der Waals surface area (Å²) in [6.07, 6.45) is 3.45. The van der Waals surface area contributed by atoms with Gasteiger partial charge in [0.25, 0.3) is 0 Å². The van der Waals surface area contributed by atoms with E-state index in [1.807, 2.05) is 118 Å². The van der Waals surface area contributed by atoms with Crippen molar-refractivity contribution in [1.29, 1.82) is 0 Å². The first-order valence-corrected chi connectivity index (χ1v) is 22.2. The fraction of sp³-hybridized carbons (Fsp3) is 0.587. The summed E-state index contributed by atoms with van der Waals surface area (Å²) in [5, 5.41) is 12.0. The molecular weight excluding hydrogens is 779 g/mol. The van der Waals surface area contributed by atoms with Gasteiger partial charge in [0.15, 0.2) is 0 Å². The number of rotatable bonds is 23. The summed E-state index contributed by atoms with van der Waals surface area (Å²) in [6.45, 7) is 10.9. The van der Waals surface area contributed by atoms with Gasteiger partial charge in [-0.25, -0.2) is 4.98 Å². The minimum Gasteiger partial charge on any atom is -0.388 e. The highest BCUT2D eigenvalue weighted by atomic mass is 32.1. The second kappa shape index (κ2) is 23.6. The molecule has 1 aliphatic rings. The van der Waals surface area contributed by atoms with Gasteiger partial charge in [-0.1, -0.05) is 83.5 Å². The number of ether oxygens (including phenoxy) is 2. The van der Waals surface area contributed by atoms with Crippen LogP contribution in [-0.4, -0.2) is 122 Å². The molecule has 3 N–H and O–H groups in total. The van der Waals surface area contributed by atoms with Crippen molar-refractivity contribution in [2.45, 2.75) is 110 Å². The van der Waals surface area contributed by atoms with Gasteiger partial charge >= 0.3 is 0 Å². The maximum atomic E-state index is 14.3. The molecule has 1 fully saturated rings. The molecule has 4 rings (SSSR count). The molecule has 1 aromatic heterocycles. The molecule has 6 unspecified atom stereocenters. The SMILES string of the molecule is CC[C@H](C)[C@@H](C(CC(=O)N1CCCC1C(OC)C(C)C(=O)NC(Cc1ccccc1)c1nccs1)OC)N(C)C(=O)CNC(=O)C(C(C)C)N(C)Cc1ccc(NC)cc1. The molecule has 60 heavy (non-hydrogen) atoms. The molecule has 13 nitrogen and oxygen atoms in total. The van der Waals surface area contributed by atoms with E-state index < -0.39 is 30.2 Å². The van der Waals surface area contributed by atoms with Crippen LogP contribution in [0.4, 0.5) is 5.69 Å². The van der Waals surface area contributed by atoms with E-state index in [9.17, 15) is 19.2 Å². The maximum absolute atomic E-state index is 14.3. The predicted octanol–water partition coefficient (Wildman–Crippen LogP) is 5.78. The molecule has 14 heteroatoms. The van der Waals surface area contributed by atoms with E-state index in [1.54, 1.807) is 32.4 Å². The molecule has 1 aliphatic heterocycles. The zero-order valence-corrected chi connectivity index (χ0v) is 38.2. The number of amides is 4. The van der Waals surface area contributed by atoms with E-state index in [0.717, 1.165) is 34.7 Å². The zero-order valence-electron chi connectivity index (χ0n) is 37.4. The van der Waals surface area contributed by atoms with Crippen LogP contribution < -0.4 is 16.0 Å². The Morgan fingerprint density at radius 2 is 1.65 bits per heavy atom. The summed E-state index contributed by atoms with van der Waals surface area (Å²) in [6, 6.07) is 16.6. The molecule has 0 radical (unpaired) electrons. The third-order valence-electron chi connectivity index (χ3n) is 12.1. The largest absolute Gasteiger partial charge is 0.388 e. The van der Waals surface area contributed by atoms with E-state index in [4.69, 9.17) is 9.47 Å². The van der Waals surface area contributed by atoms with E-state index in [2.05, 4.69) is 20.9 Å². The molecule has 2 heterocycles. The van der Waals surface area contributed by atoms with E-state index in [-0.39, 0.29) is 60.5 Å². The first-order chi connectivity index (χ1) is 28.7. The number of carbonyl (C=O) groups excluding carboxylic acids is 4. The first kappa shape index (κ1) is 48.3. The molecule has 0 bridgehead atoms. The summed E-state index contributed by atoms with van der Waals surface area (Å²) in [4.78, 5) is 65.6. The van der Waals surface area contributed by atoms with Crippen LogP contribution in [0, 0.1) is 17.8 Å². The summed E-state index contributed by atoms with van der Waals surface area (Å²) < 4.78 is 12.1. The zero-order chi connectivity index (χ0) is 43.9. The highest BCUT2D eigenvalue weighted by molar-refractivity contribution is 7.09. The second-order valence-electron chi connectivity index (χ2n) is 16.5. The van der Waals surface area contributed by atoms with Gasteiger partial charge in [-0.15, -0.1) is 11.3 Å². The molecule has 4 amide bonds. The number of thiazole rings is 1. The van der Waals surface area contributed by atoms with Crippen LogP contribution in [-0.2, 0) is 41.6 Å². The number of benzene rings is 2. The highest BCUT2D eigenvalue weighted by Crippen LogP contribution is 2.30. The molecule has 8 atom stereocenters. The minimum atomic E-state index is -0.610. The average molecular weight is 848 g/mol. The van der Waals surface area contributed by atoms with E-state index in [1.165, 1.54) is 11.3 Å². The predicted molar refractivity (Wildman–Crippen MR) is 238 cm³/mol. The first-order valence-electron chi connectivity index (χ1n) is 21.3. The number of hydrogen-bond donors (Lipinski definition) is 3. The van der Waals surface area contributed by atoms with Gasteiger partial charge in [0.1, 0.15) is 5.01 Å². The number of likely N-dealkylation sites (tertiary alicyclic amines) is 1. The molecule has 330 valence electrons.